The Morgan fingerprint density at radius 1 is 0.949 bits per heavy atom. The summed E-state index contributed by atoms with van der Waals surface area (Å²) in [7, 11) is 0. The Hall–Kier alpha value is -4.30. The van der Waals surface area contributed by atoms with E-state index in [0.29, 0.717) is 29.8 Å². The molecule has 8 heteroatoms. The topological polar surface area (TPSA) is 80.1 Å². The number of rotatable bonds is 7. The minimum absolute atomic E-state index is 0.00378. The van der Waals surface area contributed by atoms with E-state index in [4.69, 9.17) is 9.15 Å². The van der Waals surface area contributed by atoms with Crippen LogP contribution in [0.15, 0.2) is 82.0 Å². The molecule has 0 fully saturated rings. The maximum Gasteiger partial charge on any atom is 0.291 e. The lowest BCUT2D eigenvalue weighted by atomic mass is 9.84. The van der Waals surface area contributed by atoms with Crippen molar-refractivity contribution in [2.45, 2.75) is 38.5 Å². The number of carbonyl (C=O) groups excluding carboxylic acids is 2. The van der Waals surface area contributed by atoms with Crippen LogP contribution in [0.5, 0.6) is 0 Å². The lowest BCUT2D eigenvalue weighted by Gasteiger charge is -2.34. The molecule has 2 amide bonds. The SMILES string of the molecule is CC(C)OCCCN1C(=O)c2oc3ccccc3c(=O)c2C12C(=O)N(Cc1ccccc1F)c1ccccc12. The summed E-state index contributed by atoms with van der Waals surface area (Å²) in [5.41, 5.74) is -0.562. The molecule has 39 heavy (non-hydrogen) atoms. The average Bonchev–Trinajstić information content (AvgIpc) is 3.32. The van der Waals surface area contributed by atoms with Crippen LogP contribution in [0.4, 0.5) is 10.1 Å². The van der Waals surface area contributed by atoms with E-state index in [1.165, 1.54) is 15.9 Å². The summed E-state index contributed by atoms with van der Waals surface area (Å²) in [4.78, 5) is 45.6. The second-order valence-corrected chi connectivity index (χ2v) is 10.1. The van der Waals surface area contributed by atoms with E-state index in [1.807, 2.05) is 13.8 Å². The highest BCUT2D eigenvalue weighted by atomic mass is 19.1. The number of hydrogen-bond donors (Lipinski definition) is 0. The summed E-state index contributed by atoms with van der Waals surface area (Å²) in [6.07, 6.45) is 0.444. The smallest absolute Gasteiger partial charge is 0.291 e. The maximum atomic E-state index is 14.7. The van der Waals surface area contributed by atoms with Crippen LogP contribution in [-0.2, 0) is 21.6 Å². The highest BCUT2D eigenvalue weighted by Gasteiger charge is 2.64. The largest absolute Gasteiger partial charge is 0.450 e. The number of nitrogens with zero attached hydrogens (tertiary/aromatic N) is 2. The third kappa shape index (κ3) is 3.70. The van der Waals surface area contributed by atoms with Crippen LogP contribution in [0.25, 0.3) is 11.0 Å². The van der Waals surface area contributed by atoms with Crippen molar-refractivity contribution in [1.29, 1.82) is 0 Å². The van der Waals surface area contributed by atoms with E-state index in [9.17, 15) is 18.8 Å². The molecule has 198 valence electrons. The van der Waals surface area contributed by atoms with Crippen LogP contribution in [0, 0.1) is 5.82 Å². The molecule has 0 saturated heterocycles. The van der Waals surface area contributed by atoms with Gasteiger partial charge in [-0.2, -0.15) is 0 Å². The van der Waals surface area contributed by atoms with Crippen LogP contribution in [0.3, 0.4) is 0 Å². The Kier molecular flexibility index (Phi) is 6.07. The minimum atomic E-state index is -1.74. The van der Waals surface area contributed by atoms with Crippen molar-refractivity contribution in [3.8, 4) is 0 Å². The third-order valence-corrected chi connectivity index (χ3v) is 7.41. The van der Waals surface area contributed by atoms with Crippen molar-refractivity contribution >= 4 is 28.5 Å². The molecule has 7 nitrogen and oxygen atoms in total. The third-order valence-electron chi connectivity index (χ3n) is 7.41. The van der Waals surface area contributed by atoms with Gasteiger partial charge in [-0.1, -0.05) is 48.5 Å². The standard InChI is InChI=1S/C31H27FN2O5/c1-19(2)38-17-9-16-34-29(36)28-26(27(35)21-11-4-8-15-25(21)39-28)31(34)22-12-5-7-14-24(22)33(30(31)37)18-20-10-3-6-13-23(20)32/h3-8,10-15,19H,9,16-18H2,1-2H3. The Balaban J connectivity index is 1.57. The lowest BCUT2D eigenvalue weighted by Crippen LogP contribution is -2.53. The molecule has 3 heterocycles. The van der Waals surface area contributed by atoms with Crippen molar-refractivity contribution in [3.05, 3.63) is 111 Å². The summed E-state index contributed by atoms with van der Waals surface area (Å²) in [6.45, 7) is 4.30. The Bertz CT molecular complexity index is 1680. The predicted molar refractivity (Wildman–Crippen MR) is 144 cm³/mol. The molecule has 3 aromatic carbocycles. The molecule has 2 aliphatic rings. The van der Waals surface area contributed by atoms with E-state index in [0.717, 1.165) is 0 Å². The summed E-state index contributed by atoms with van der Waals surface area (Å²) in [5, 5.41) is 0.284. The second-order valence-electron chi connectivity index (χ2n) is 10.1. The number of carbonyl (C=O) groups is 2. The van der Waals surface area contributed by atoms with Gasteiger partial charge in [0.15, 0.2) is 11.0 Å². The van der Waals surface area contributed by atoms with Crippen LogP contribution in [0.1, 0.15) is 47.5 Å². The van der Waals surface area contributed by atoms with Crippen LogP contribution in [0.2, 0.25) is 0 Å². The van der Waals surface area contributed by atoms with Crippen LogP contribution < -0.4 is 10.3 Å². The highest BCUT2D eigenvalue weighted by Crippen LogP contribution is 2.52. The van der Waals surface area contributed by atoms with Crippen LogP contribution >= 0.6 is 0 Å². The fourth-order valence-electron chi connectivity index (χ4n) is 5.73. The molecule has 1 spiro atoms. The van der Waals surface area contributed by atoms with Crippen molar-refractivity contribution in [2.24, 2.45) is 0 Å². The number of para-hydroxylation sites is 2. The summed E-state index contributed by atoms with van der Waals surface area (Å²) >= 11 is 0. The first-order valence-corrected chi connectivity index (χ1v) is 13.0. The molecule has 0 N–H and O–H groups in total. The van der Waals surface area contributed by atoms with Gasteiger partial charge < -0.3 is 19.0 Å². The summed E-state index contributed by atoms with van der Waals surface area (Å²) in [5.74, 6) is -1.61. The number of anilines is 1. The molecule has 0 radical (unpaired) electrons. The zero-order valence-electron chi connectivity index (χ0n) is 21.6. The number of hydrogen-bond acceptors (Lipinski definition) is 5. The Labute approximate surface area is 224 Å². The first kappa shape index (κ1) is 25.0. The molecular weight excluding hydrogens is 499 g/mol. The molecule has 2 aliphatic heterocycles. The van der Waals surface area contributed by atoms with Gasteiger partial charge >= 0.3 is 0 Å². The van der Waals surface area contributed by atoms with Gasteiger partial charge in [0.2, 0.25) is 5.76 Å². The second kappa shape index (κ2) is 9.47. The average molecular weight is 527 g/mol. The van der Waals surface area contributed by atoms with Crippen molar-refractivity contribution < 1.29 is 23.1 Å². The normalized spacial score (nSPS) is 18.1. The zero-order chi connectivity index (χ0) is 27.3. The molecule has 4 aromatic rings. The molecule has 0 aliphatic carbocycles. The lowest BCUT2D eigenvalue weighted by molar-refractivity contribution is -0.126. The van der Waals surface area contributed by atoms with Gasteiger partial charge in [0.25, 0.3) is 11.8 Å². The van der Waals surface area contributed by atoms with E-state index in [1.54, 1.807) is 66.7 Å². The quantitative estimate of drug-likeness (QED) is 0.317. The fourth-order valence-corrected chi connectivity index (χ4v) is 5.73. The monoisotopic (exact) mass is 526 g/mol. The molecule has 6 rings (SSSR count). The van der Waals surface area contributed by atoms with Crippen molar-refractivity contribution in [1.82, 2.24) is 4.90 Å². The van der Waals surface area contributed by atoms with Gasteiger partial charge in [-0.3, -0.25) is 14.4 Å². The number of benzene rings is 3. The Morgan fingerprint density at radius 3 is 2.46 bits per heavy atom. The van der Waals surface area contributed by atoms with Gasteiger partial charge in [-0.25, -0.2) is 4.39 Å². The van der Waals surface area contributed by atoms with E-state index in [2.05, 4.69) is 0 Å². The first-order chi connectivity index (χ1) is 18.9. The number of fused-ring (bicyclic) bond motifs is 5. The van der Waals surface area contributed by atoms with Crippen molar-refractivity contribution in [3.63, 3.8) is 0 Å². The number of amides is 2. The van der Waals surface area contributed by atoms with E-state index in [-0.39, 0.29) is 41.5 Å². The maximum absolute atomic E-state index is 14.7. The minimum Gasteiger partial charge on any atom is -0.450 e. The zero-order valence-corrected chi connectivity index (χ0v) is 21.6. The molecule has 0 bridgehead atoms. The van der Waals surface area contributed by atoms with Gasteiger partial charge in [0, 0.05) is 24.3 Å². The summed E-state index contributed by atoms with van der Waals surface area (Å²) < 4.78 is 26.5. The van der Waals surface area contributed by atoms with Gasteiger partial charge in [0.1, 0.15) is 11.4 Å². The molecule has 1 aromatic heterocycles. The van der Waals surface area contributed by atoms with Crippen molar-refractivity contribution in [2.75, 3.05) is 18.1 Å². The van der Waals surface area contributed by atoms with Gasteiger partial charge in [0.05, 0.1) is 29.3 Å². The van der Waals surface area contributed by atoms with Crippen LogP contribution in [-0.4, -0.2) is 36.0 Å². The predicted octanol–water partition coefficient (Wildman–Crippen LogP) is 4.99. The van der Waals surface area contributed by atoms with E-state index < -0.39 is 28.6 Å². The molecule has 1 unspecified atom stereocenters. The molecule has 1 atom stereocenters. The molecular formula is C31H27FN2O5. The van der Waals surface area contributed by atoms with E-state index >= 15 is 0 Å². The number of halogens is 1. The van der Waals surface area contributed by atoms with Gasteiger partial charge in [-0.05, 0) is 44.5 Å². The summed E-state index contributed by atoms with van der Waals surface area (Å²) in [6, 6.07) is 20.0. The van der Waals surface area contributed by atoms with Gasteiger partial charge in [-0.15, -0.1) is 0 Å². The number of ether oxygens (including phenoxy) is 1. The Morgan fingerprint density at radius 2 is 1.67 bits per heavy atom. The highest BCUT2D eigenvalue weighted by molar-refractivity contribution is 6.17. The first-order valence-electron chi connectivity index (χ1n) is 13.0. The fraction of sp³-hybridized carbons (Fsp3) is 0.258. The molecule has 0 saturated carbocycles.